The van der Waals surface area contributed by atoms with E-state index in [1.54, 1.807) is 25.3 Å². The topological polar surface area (TPSA) is 77.6 Å². The first-order valence-corrected chi connectivity index (χ1v) is 6.35. The third kappa shape index (κ3) is 4.79. The van der Waals surface area contributed by atoms with Crippen LogP contribution in [0.4, 0.5) is 0 Å². The van der Waals surface area contributed by atoms with Crippen molar-refractivity contribution in [2.75, 3.05) is 20.3 Å². The van der Waals surface area contributed by atoms with Gasteiger partial charge < -0.3 is 19.9 Å². The first kappa shape index (κ1) is 15.3. The number of nitrogens with two attached hydrogens (primary N) is 1. The lowest BCUT2D eigenvalue weighted by Crippen LogP contribution is -2.16. The molecule has 0 fully saturated rings. The summed E-state index contributed by atoms with van der Waals surface area (Å²) in [7, 11) is 1.67. The predicted molar refractivity (Wildman–Crippen MR) is 75.2 cm³/mol. The molecule has 0 radical (unpaired) electrons. The largest absolute Gasteiger partial charge is 0.490 e. The van der Waals surface area contributed by atoms with Crippen LogP contribution in [0.25, 0.3) is 0 Å². The van der Waals surface area contributed by atoms with Gasteiger partial charge in [0.15, 0.2) is 11.5 Å². The Labute approximate surface area is 114 Å². The summed E-state index contributed by atoms with van der Waals surface area (Å²) in [6, 6.07) is 5.26. The molecular weight excluding hydrogens is 244 g/mol. The summed E-state index contributed by atoms with van der Waals surface area (Å²) in [5.41, 5.74) is 6.09. The minimum Gasteiger partial charge on any atom is -0.490 e. The maximum atomic E-state index is 7.43. The fraction of sp³-hybridized carbons (Fsp3) is 0.500. The number of rotatable bonds is 8. The first-order chi connectivity index (χ1) is 9.08. The van der Waals surface area contributed by atoms with Crippen molar-refractivity contribution >= 4 is 5.84 Å². The molecule has 19 heavy (non-hydrogen) atoms. The molecule has 0 saturated carbocycles. The second-order valence-electron chi connectivity index (χ2n) is 4.22. The third-order valence-corrected chi connectivity index (χ3v) is 2.61. The lowest BCUT2D eigenvalue weighted by molar-refractivity contribution is 0.132. The lowest BCUT2D eigenvalue weighted by atomic mass is 10.2. The van der Waals surface area contributed by atoms with Crippen LogP contribution in [0.2, 0.25) is 0 Å². The summed E-state index contributed by atoms with van der Waals surface area (Å²) in [5.74, 6) is 1.29. The van der Waals surface area contributed by atoms with Gasteiger partial charge in [-0.1, -0.05) is 0 Å². The van der Waals surface area contributed by atoms with Gasteiger partial charge in [0.05, 0.1) is 12.7 Å². The van der Waals surface area contributed by atoms with Crippen molar-refractivity contribution in [2.45, 2.75) is 26.4 Å². The van der Waals surface area contributed by atoms with Crippen molar-refractivity contribution in [2.24, 2.45) is 5.73 Å². The summed E-state index contributed by atoms with van der Waals surface area (Å²) in [5, 5.41) is 7.43. The van der Waals surface area contributed by atoms with E-state index in [0.29, 0.717) is 30.3 Å². The zero-order valence-corrected chi connectivity index (χ0v) is 11.7. The number of hydrogen-bond acceptors (Lipinski definition) is 4. The van der Waals surface area contributed by atoms with Crippen LogP contribution in [-0.2, 0) is 4.74 Å². The number of amidine groups is 1. The van der Waals surface area contributed by atoms with E-state index in [9.17, 15) is 0 Å². The summed E-state index contributed by atoms with van der Waals surface area (Å²) >= 11 is 0. The van der Waals surface area contributed by atoms with Gasteiger partial charge in [-0.05, 0) is 32.0 Å². The highest BCUT2D eigenvalue weighted by molar-refractivity contribution is 5.95. The number of hydrogen-bond donors (Lipinski definition) is 2. The van der Waals surface area contributed by atoms with E-state index in [1.165, 1.54) is 0 Å². The minimum atomic E-state index is 0.0138. The van der Waals surface area contributed by atoms with Gasteiger partial charge in [0.1, 0.15) is 5.84 Å². The predicted octanol–water partition coefficient (Wildman–Crippen LogP) is 2.17. The Kier molecular flexibility index (Phi) is 6.15. The van der Waals surface area contributed by atoms with Crippen molar-refractivity contribution in [3.05, 3.63) is 23.8 Å². The SMILES string of the molecule is CCOc1cc(C(=N)N)ccc1OC(C)CCOC. The Hall–Kier alpha value is -1.75. The number of methoxy groups -OCH3 is 1. The molecule has 0 heterocycles. The van der Waals surface area contributed by atoms with E-state index in [-0.39, 0.29) is 11.9 Å². The van der Waals surface area contributed by atoms with Crippen LogP contribution in [-0.4, -0.2) is 32.3 Å². The molecule has 1 rings (SSSR count). The maximum Gasteiger partial charge on any atom is 0.161 e. The average molecular weight is 266 g/mol. The molecule has 106 valence electrons. The van der Waals surface area contributed by atoms with E-state index < -0.39 is 0 Å². The molecule has 0 amide bonds. The molecule has 1 unspecified atom stereocenters. The zero-order valence-electron chi connectivity index (χ0n) is 11.7. The van der Waals surface area contributed by atoms with Crippen LogP contribution in [0.5, 0.6) is 11.5 Å². The number of nitrogens with one attached hydrogen (secondary N) is 1. The van der Waals surface area contributed by atoms with Crippen LogP contribution >= 0.6 is 0 Å². The molecule has 0 spiro atoms. The van der Waals surface area contributed by atoms with Crippen molar-refractivity contribution in [3.63, 3.8) is 0 Å². The van der Waals surface area contributed by atoms with Crippen molar-refractivity contribution in [1.29, 1.82) is 5.41 Å². The van der Waals surface area contributed by atoms with E-state index >= 15 is 0 Å². The lowest BCUT2D eigenvalue weighted by Gasteiger charge is -2.17. The quantitative estimate of drug-likeness (QED) is 0.558. The molecule has 5 heteroatoms. The standard InChI is InChI=1S/C14H22N2O3/c1-4-18-13-9-11(14(15)16)5-6-12(13)19-10(2)7-8-17-3/h5-6,9-10H,4,7-8H2,1-3H3,(H3,15,16). The number of nitrogen functional groups attached to an aromatic ring is 1. The highest BCUT2D eigenvalue weighted by atomic mass is 16.5. The highest BCUT2D eigenvalue weighted by Gasteiger charge is 2.11. The van der Waals surface area contributed by atoms with E-state index in [0.717, 1.165) is 6.42 Å². The van der Waals surface area contributed by atoms with Crippen LogP contribution in [0.1, 0.15) is 25.8 Å². The van der Waals surface area contributed by atoms with Gasteiger partial charge in [-0.25, -0.2) is 0 Å². The number of benzene rings is 1. The molecule has 3 N–H and O–H groups in total. The normalized spacial score (nSPS) is 11.9. The maximum absolute atomic E-state index is 7.43. The van der Waals surface area contributed by atoms with Gasteiger partial charge in [0.2, 0.25) is 0 Å². The Balaban J connectivity index is 2.83. The van der Waals surface area contributed by atoms with E-state index in [2.05, 4.69) is 0 Å². The fourth-order valence-electron chi connectivity index (χ4n) is 1.60. The van der Waals surface area contributed by atoms with Gasteiger partial charge in [0.25, 0.3) is 0 Å². The van der Waals surface area contributed by atoms with Gasteiger partial charge in [-0.15, -0.1) is 0 Å². The Morgan fingerprint density at radius 1 is 1.37 bits per heavy atom. The van der Waals surface area contributed by atoms with Crippen LogP contribution in [0, 0.1) is 5.41 Å². The summed E-state index contributed by atoms with van der Waals surface area (Å²) < 4.78 is 16.4. The smallest absolute Gasteiger partial charge is 0.161 e. The van der Waals surface area contributed by atoms with E-state index in [4.69, 9.17) is 25.4 Å². The highest BCUT2D eigenvalue weighted by Crippen LogP contribution is 2.29. The Morgan fingerprint density at radius 3 is 2.68 bits per heavy atom. The molecule has 1 aromatic rings. The molecule has 0 bridgehead atoms. The van der Waals surface area contributed by atoms with Crippen LogP contribution in [0.15, 0.2) is 18.2 Å². The molecule has 1 atom stereocenters. The first-order valence-electron chi connectivity index (χ1n) is 6.35. The van der Waals surface area contributed by atoms with Gasteiger partial charge in [-0.2, -0.15) is 0 Å². The third-order valence-electron chi connectivity index (χ3n) is 2.61. The van der Waals surface area contributed by atoms with Crippen molar-refractivity contribution in [1.82, 2.24) is 0 Å². The molecule has 1 aromatic carbocycles. The molecular formula is C14H22N2O3. The zero-order chi connectivity index (χ0) is 14.3. The average Bonchev–Trinajstić information content (AvgIpc) is 2.38. The van der Waals surface area contributed by atoms with E-state index in [1.807, 2.05) is 13.8 Å². The molecule has 0 aliphatic rings. The second-order valence-corrected chi connectivity index (χ2v) is 4.22. The molecule has 0 saturated heterocycles. The summed E-state index contributed by atoms with van der Waals surface area (Å²) in [6.45, 7) is 5.06. The molecule has 0 aromatic heterocycles. The van der Waals surface area contributed by atoms with Gasteiger partial charge in [0, 0.05) is 25.7 Å². The second kappa shape index (κ2) is 7.63. The molecule has 5 nitrogen and oxygen atoms in total. The number of ether oxygens (including phenoxy) is 3. The minimum absolute atomic E-state index is 0.0138. The molecule has 0 aliphatic heterocycles. The monoisotopic (exact) mass is 266 g/mol. The Morgan fingerprint density at radius 2 is 2.11 bits per heavy atom. The fourth-order valence-corrected chi connectivity index (χ4v) is 1.60. The van der Waals surface area contributed by atoms with Crippen molar-refractivity contribution < 1.29 is 14.2 Å². The summed E-state index contributed by atoms with van der Waals surface area (Å²) in [6.07, 6.45) is 0.832. The van der Waals surface area contributed by atoms with Gasteiger partial charge >= 0.3 is 0 Å². The Bertz CT molecular complexity index is 421. The van der Waals surface area contributed by atoms with Gasteiger partial charge in [-0.3, -0.25) is 5.41 Å². The van der Waals surface area contributed by atoms with Crippen LogP contribution in [0.3, 0.4) is 0 Å². The van der Waals surface area contributed by atoms with Crippen LogP contribution < -0.4 is 15.2 Å². The summed E-state index contributed by atoms with van der Waals surface area (Å²) in [4.78, 5) is 0. The molecule has 0 aliphatic carbocycles. The van der Waals surface area contributed by atoms with Crippen molar-refractivity contribution in [3.8, 4) is 11.5 Å².